The summed E-state index contributed by atoms with van der Waals surface area (Å²) >= 11 is 13.3. The first-order valence-corrected chi connectivity index (χ1v) is 20.6. The van der Waals surface area contributed by atoms with E-state index in [1.807, 2.05) is 17.0 Å². The molecule has 9 rings (SSSR count). The maximum absolute atomic E-state index is 13.1. The highest BCUT2D eigenvalue weighted by molar-refractivity contribution is 6.33. The Morgan fingerprint density at radius 1 is 0.714 bits per heavy atom. The first kappa shape index (κ1) is 40.8. The predicted molar refractivity (Wildman–Crippen MR) is 235 cm³/mol. The highest BCUT2D eigenvalue weighted by atomic mass is 35.5. The summed E-state index contributed by atoms with van der Waals surface area (Å²) in [6.45, 7) is 5.35. The number of nitrogen functional groups attached to an aromatic ring is 2. The fraction of sp³-hybridized carbons (Fsp3) is 0.256. The van der Waals surface area contributed by atoms with Crippen molar-refractivity contribution in [2.45, 2.75) is 43.9 Å². The van der Waals surface area contributed by atoms with E-state index in [2.05, 4.69) is 55.0 Å². The van der Waals surface area contributed by atoms with E-state index < -0.39 is 11.8 Å². The molecule has 0 bridgehead atoms. The van der Waals surface area contributed by atoms with Crippen molar-refractivity contribution in [3.63, 3.8) is 0 Å². The molecule has 3 aliphatic rings. The van der Waals surface area contributed by atoms with E-state index in [1.54, 1.807) is 40.4 Å². The van der Waals surface area contributed by atoms with Crippen LogP contribution in [-0.2, 0) is 16.1 Å². The van der Waals surface area contributed by atoms with Crippen molar-refractivity contribution in [2.75, 3.05) is 37.6 Å². The number of rotatable bonds is 10. The summed E-state index contributed by atoms with van der Waals surface area (Å²) in [6.07, 6.45) is 10.7. The Labute approximate surface area is 369 Å². The number of amides is 4. The van der Waals surface area contributed by atoms with Crippen molar-refractivity contribution in [3.05, 3.63) is 105 Å². The third kappa shape index (κ3) is 7.60. The van der Waals surface area contributed by atoms with Gasteiger partial charge in [0.15, 0.2) is 11.4 Å². The highest BCUT2D eigenvalue weighted by Crippen LogP contribution is 2.38. The number of hydrogen-bond donors (Lipinski definition) is 4. The number of imidazole rings is 2. The Balaban J connectivity index is 0.816. The molecule has 63 heavy (non-hydrogen) atoms. The van der Waals surface area contributed by atoms with E-state index in [4.69, 9.17) is 46.1 Å². The van der Waals surface area contributed by atoms with E-state index in [-0.39, 0.29) is 58.0 Å². The third-order valence-electron chi connectivity index (χ3n) is 11.3. The maximum atomic E-state index is 13.1. The number of anilines is 2. The molecule has 2 aliphatic heterocycles. The largest absolute Gasteiger partial charge is 0.383 e. The second-order valence-corrected chi connectivity index (χ2v) is 16.3. The quantitative estimate of drug-likeness (QED) is 0.116. The summed E-state index contributed by atoms with van der Waals surface area (Å²) < 4.78 is 6.98. The number of aryl methyl sites for hydroxylation is 1. The molecule has 1 saturated carbocycles. The average molecular weight is 886 g/mol. The van der Waals surface area contributed by atoms with Gasteiger partial charge in [-0.15, -0.1) is 0 Å². The molecule has 2 saturated heterocycles. The number of nitrogens with zero attached hydrogens (tertiary/aromatic N) is 10. The smallest absolute Gasteiger partial charge is 0.255 e. The molecule has 0 spiro atoms. The van der Waals surface area contributed by atoms with Gasteiger partial charge in [0.25, 0.3) is 11.8 Å². The fourth-order valence-corrected chi connectivity index (χ4v) is 8.13. The number of aromatic nitrogens is 8. The van der Waals surface area contributed by atoms with Crippen LogP contribution in [0.25, 0.3) is 22.1 Å². The second kappa shape index (κ2) is 16.1. The SMILES string of the molecule is C=CC(=O)N1CC(n2nc(C#Cc3cc4ncn(CC/C=C\C(=O)N5CC(n6nc(C#Cc7cc8ncn(C9CC9)c8cc7Cl)c(C(N)=O)c6N)C5)c4cc3Cl)c(C(N)=O)c2N)C1. The zero-order chi connectivity index (χ0) is 44.3. The number of fused-ring (bicyclic) bond motifs is 2. The van der Waals surface area contributed by atoms with Crippen LogP contribution >= 0.6 is 23.2 Å². The number of benzene rings is 2. The number of primary amides is 2. The predicted octanol–water partition coefficient (Wildman–Crippen LogP) is 3.18. The van der Waals surface area contributed by atoms with Gasteiger partial charge in [0.2, 0.25) is 11.8 Å². The van der Waals surface area contributed by atoms with Crippen molar-refractivity contribution in [1.82, 2.24) is 48.5 Å². The van der Waals surface area contributed by atoms with E-state index in [9.17, 15) is 19.2 Å². The molecule has 4 amide bonds. The van der Waals surface area contributed by atoms with Crippen molar-refractivity contribution in [3.8, 4) is 23.7 Å². The van der Waals surface area contributed by atoms with Crippen LogP contribution in [0.1, 0.15) is 80.6 Å². The Bertz CT molecular complexity index is 3100. The van der Waals surface area contributed by atoms with E-state index in [0.29, 0.717) is 71.9 Å². The molecule has 6 aromatic rings. The molecule has 0 atom stereocenters. The van der Waals surface area contributed by atoms with Crippen molar-refractivity contribution >= 4 is 80.5 Å². The van der Waals surface area contributed by atoms with Crippen LogP contribution in [0.3, 0.4) is 0 Å². The molecular formula is C43H38Cl2N14O4. The van der Waals surface area contributed by atoms with Gasteiger partial charge < -0.3 is 41.9 Å². The molecule has 2 aromatic carbocycles. The number of hydrogen-bond acceptors (Lipinski definition) is 10. The molecule has 1 aliphatic carbocycles. The monoisotopic (exact) mass is 884 g/mol. The molecular weight excluding hydrogens is 847 g/mol. The molecule has 20 heteroatoms. The first-order chi connectivity index (χ1) is 30.3. The van der Waals surface area contributed by atoms with E-state index in [1.165, 1.54) is 21.5 Å². The van der Waals surface area contributed by atoms with Crippen LogP contribution in [0, 0.1) is 23.7 Å². The van der Waals surface area contributed by atoms with Crippen LogP contribution in [-0.4, -0.2) is 98.3 Å². The minimum Gasteiger partial charge on any atom is -0.383 e. The summed E-state index contributed by atoms with van der Waals surface area (Å²) in [7, 11) is 0. The average Bonchev–Trinajstić information content (AvgIpc) is 3.55. The number of allylic oxidation sites excluding steroid dienone is 1. The zero-order valence-corrected chi connectivity index (χ0v) is 35.0. The Hall–Kier alpha value is -7.54. The molecule has 0 radical (unpaired) electrons. The first-order valence-electron chi connectivity index (χ1n) is 19.9. The molecule has 6 heterocycles. The topological polar surface area (TPSA) is 250 Å². The summed E-state index contributed by atoms with van der Waals surface area (Å²) in [5.41, 5.74) is 28.2. The number of likely N-dealkylation sites (tertiary alicyclic amines) is 2. The lowest BCUT2D eigenvalue weighted by Gasteiger charge is -2.38. The number of nitrogens with two attached hydrogens (primary N) is 4. The van der Waals surface area contributed by atoms with E-state index >= 15 is 0 Å². The van der Waals surface area contributed by atoms with Crippen LogP contribution in [0.4, 0.5) is 11.6 Å². The van der Waals surface area contributed by atoms with Gasteiger partial charge in [-0.2, -0.15) is 10.2 Å². The van der Waals surface area contributed by atoms with Gasteiger partial charge in [-0.3, -0.25) is 19.2 Å². The van der Waals surface area contributed by atoms with Crippen molar-refractivity contribution < 1.29 is 19.2 Å². The fourth-order valence-electron chi connectivity index (χ4n) is 7.72. The van der Waals surface area contributed by atoms with Gasteiger partial charge in [-0.25, -0.2) is 19.3 Å². The van der Waals surface area contributed by atoms with Crippen LogP contribution < -0.4 is 22.9 Å². The third-order valence-corrected chi connectivity index (χ3v) is 12.0. The van der Waals surface area contributed by atoms with Crippen LogP contribution in [0.15, 0.2) is 61.7 Å². The molecule has 18 nitrogen and oxygen atoms in total. The van der Waals surface area contributed by atoms with Gasteiger partial charge >= 0.3 is 0 Å². The minimum atomic E-state index is -0.781. The standard InChI is InChI=1S/C43H38Cl2N14O4/c1-2-36(60)55-17-26(18-55)58-40(46)38(42(48)62)30(52-58)10-6-23-13-32-34(15-28(23)44)54(21-50-32)12-4-3-5-37(61)56-19-27(20-56)59-41(47)39(43(49)63)31(53-59)11-7-24-14-33-35(16-29(24)45)57(22-51-33)25-8-9-25/h2-3,5,13-16,21-22,25-27H,1,4,8-9,12,17-20,46-47H2,(H2,48,62)(H2,49,63)/b5-3-. The lowest BCUT2D eigenvalue weighted by molar-refractivity contribution is -0.132. The van der Waals surface area contributed by atoms with E-state index in [0.717, 1.165) is 29.4 Å². The number of halogens is 2. The Morgan fingerprint density at radius 3 is 1.75 bits per heavy atom. The van der Waals surface area contributed by atoms with Gasteiger partial charge in [0.05, 0.1) is 56.9 Å². The molecule has 8 N–H and O–H groups in total. The normalized spacial score (nSPS) is 15.2. The van der Waals surface area contributed by atoms with Crippen molar-refractivity contribution in [2.24, 2.45) is 11.5 Å². The lowest BCUT2D eigenvalue weighted by atomic mass is 10.1. The maximum Gasteiger partial charge on any atom is 0.255 e. The van der Waals surface area contributed by atoms with Gasteiger partial charge in [-0.1, -0.05) is 47.7 Å². The molecule has 0 unspecified atom stereocenters. The number of carbonyl (C=O) groups is 4. The Morgan fingerprint density at radius 2 is 1.22 bits per heavy atom. The number of carbonyl (C=O) groups excluding carboxylic acids is 4. The molecule has 4 aromatic heterocycles. The Kier molecular flexibility index (Phi) is 10.4. The second-order valence-electron chi connectivity index (χ2n) is 15.5. The highest BCUT2D eigenvalue weighted by Gasteiger charge is 2.36. The van der Waals surface area contributed by atoms with Gasteiger partial charge in [0.1, 0.15) is 22.8 Å². The molecule has 318 valence electrons. The summed E-state index contributed by atoms with van der Waals surface area (Å²) in [6, 6.07) is 7.04. The lowest BCUT2D eigenvalue weighted by Crippen LogP contribution is -2.50. The van der Waals surface area contributed by atoms with Crippen molar-refractivity contribution in [1.29, 1.82) is 0 Å². The zero-order valence-electron chi connectivity index (χ0n) is 33.5. The summed E-state index contributed by atoms with van der Waals surface area (Å²) in [5, 5.41) is 9.76. The van der Waals surface area contributed by atoms with Gasteiger partial charge in [0, 0.05) is 49.9 Å². The van der Waals surface area contributed by atoms with Gasteiger partial charge in [-0.05, 0) is 67.5 Å². The van der Waals surface area contributed by atoms with Crippen LogP contribution in [0.5, 0.6) is 0 Å². The minimum absolute atomic E-state index is 0.00857. The summed E-state index contributed by atoms with van der Waals surface area (Å²) in [5.74, 6) is 9.97. The summed E-state index contributed by atoms with van der Waals surface area (Å²) in [4.78, 5) is 61.9. The molecule has 3 fully saturated rings. The van der Waals surface area contributed by atoms with Crippen LogP contribution in [0.2, 0.25) is 10.0 Å².